The van der Waals surface area contributed by atoms with Crippen LogP contribution in [0.5, 0.6) is 5.75 Å². The van der Waals surface area contributed by atoms with Crippen LogP contribution in [0.25, 0.3) is 11.0 Å². The highest BCUT2D eigenvalue weighted by Gasteiger charge is 2.12. The van der Waals surface area contributed by atoms with Gasteiger partial charge in [0.2, 0.25) is 0 Å². The molecule has 0 fully saturated rings. The zero-order chi connectivity index (χ0) is 15.5. The Hall–Kier alpha value is -2.47. The fraction of sp³-hybridized carbons (Fsp3) is 0.188. The molecule has 0 amide bonds. The summed E-state index contributed by atoms with van der Waals surface area (Å²) in [6.07, 6.45) is 0.640. The topological polar surface area (TPSA) is 47.3 Å². The van der Waals surface area contributed by atoms with Gasteiger partial charge in [0.25, 0.3) is 0 Å². The number of halogens is 2. The Balaban J connectivity index is 1.69. The second-order valence-electron chi connectivity index (χ2n) is 4.93. The first-order valence-electron chi connectivity index (χ1n) is 6.79. The molecule has 4 nitrogen and oxygen atoms in total. The van der Waals surface area contributed by atoms with Crippen LogP contribution < -0.4 is 4.74 Å². The molecule has 2 aromatic carbocycles. The van der Waals surface area contributed by atoms with E-state index in [1.807, 2.05) is 18.2 Å². The number of rotatable bonds is 5. The molecule has 1 aromatic heterocycles. The first-order chi connectivity index (χ1) is 10.6. The summed E-state index contributed by atoms with van der Waals surface area (Å²) in [4.78, 5) is 4.00. The molecule has 1 N–H and O–H groups in total. The summed E-state index contributed by atoms with van der Waals surface area (Å²) in [7, 11) is 0. The van der Waals surface area contributed by atoms with E-state index in [4.69, 9.17) is 4.74 Å². The van der Waals surface area contributed by atoms with Crippen LogP contribution in [0.15, 0.2) is 48.8 Å². The molecule has 0 bridgehead atoms. The number of hydrogen-bond donors (Lipinski definition) is 1. The van der Waals surface area contributed by atoms with Crippen molar-refractivity contribution in [1.29, 1.82) is 0 Å². The molecule has 0 radical (unpaired) electrons. The summed E-state index contributed by atoms with van der Waals surface area (Å²) in [5, 5.41) is 10.0. The fourth-order valence-electron chi connectivity index (χ4n) is 2.19. The number of aromatic nitrogens is 2. The molecular weight excluding hydrogens is 290 g/mol. The molecule has 0 aliphatic carbocycles. The molecule has 0 aliphatic rings. The summed E-state index contributed by atoms with van der Waals surface area (Å²) in [6.45, 7) is 0.266. The maximum absolute atomic E-state index is 13.3. The maximum Gasteiger partial charge on any atom is 0.161 e. The lowest BCUT2D eigenvalue weighted by Crippen LogP contribution is -2.23. The van der Waals surface area contributed by atoms with Gasteiger partial charge in [-0.2, -0.15) is 0 Å². The van der Waals surface area contributed by atoms with Gasteiger partial charge in [-0.25, -0.2) is 13.8 Å². The molecule has 0 spiro atoms. The second kappa shape index (κ2) is 6.11. The summed E-state index contributed by atoms with van der Waals surface area (Å²) >= 11 is 0. The van der Waals surface area contributed by atoms with E-state index in [0.29, 0.717) is 16.8 Å². The minimum Gasteiger partial charge on any atom is -0.491 e. The highest BCUT2D eigenvalue weighted by atomic mass is 19.2. The third kappa shape index (κ3) is 3.07. The highest BCUT2D eigenvalue weighted by molar-refractivity contribution is 5.75. The van der Waals surface area contributed by atoms with Crippen LogP contribution >= 0.6 is 0 Å². The maximum atomic E-state index is 13.3. The molecule has 1 heterocycles. The average Bonchev–Trinajstić information content (AvgIpc) is 2.89. The van der Waals surface area contributed by atoms with E-state index in [1.54, 1.807) is 16.7 Å². The van der Waals surface area contributed by atoms with Gasteiger partial charge in [0.15, 0.2) is 11.6 Å². The third-order valence-corrected chi connectivity index (χ3v) is 3.26. The van der Waals surface area contributed by atoms with Gasteiger partial charge in [-0.3, -0.25) is 0 Å². The molecule has 3 aromatic rings. The number of nitrogens with zero attached hydrogens (tertiary/aromatic N) is 2. The Morgan fingerprint density at radius 2 is 1.86 bits per heavy atom. The van der Waals surface area contributed by atoms with E-state index in [0.717, 1.165) is 12.1 Å². The van der Waals surface area contributed by atoms with Crippen LogP contribution in [0.4, 0.5) is 8.78 Å². The first-order valence-corrected chi connectivity index (χ1v) is 6.79. The number of aliphatic hydroxyl groups is 1. The lowest BCUT2D eigenvalue weighted by molar-refractivity contribution is 0.0934. The molecule has 0 aliphatic heterocycles. The standard InChI is InChI=1S/C16H14F2N2O2/c17-13-6-15-16(7-14(13)18)20(10-19-15)8-11(21)9-22-12-4-2-1-3-5-12/h1-7,10-11,21H,8-9H2. The number of aliphatic hydroxyl groups excluding tert-OH is 1. The smallest absolute Gasteiger partial charge is 0.161 e. The number of hydrogen-bond acceptors (Lipinski definition) is 3. The van der Waals surface area contributed by atoms with Gasteiger partial charge in [0, 0.05) is 12.1 Å². The Bertz CT molecular complexity index is 774. The zero-order valence-corrected chi connectivity index (χ0v) is 11.6. The Labute approximate surface area is 125 Å². The van der Waals surface area contributed by atoms with Gasteiger partial charge in [-0.1, -0.05) is 18.2 Å². The fourth-order valence-corrected chi connectivity index (χ4v) is 2.19. The van der Waals surface area contributed by atoms with Gasteiger partial charge in [0.1, 0.15) is 18.5 Å². The lowest BCUT2D eigenvalue weighted by Gasteiger charge is -2.13. The molecule has 3 rings (SSSR count). The summed E-state index contributed by atoms with van der Waals surface area (Å²) < 4.78 is 33.5. The van der Waals surface area contributed by atoms with Crippen molar-refractivity contribution in [3.63, 3.8) is 0 Å². The van der Waals surface area contributed by atoms with Crippen LogP contribution in [0.3, 0.4) is 0 Å². The summed E-state index contributed by atoms with van der Waals surface area (Å²) in [6, 6.07) is 11.2. The van der Waals surface area contributed by atoms with Crippen LogP contribution in [0, 0.1) is 11.6 Å². The van der Waals surface area contributed by atoms with Crippen molar-refractivity contribution >= 4 is 11.0 Å². The van der Waals surface area contributed by atoms with Crippen molar-refractivity contribution < 1.29 is 18.6 Å². The SMILES string of the molecule is OC(COc1ccccc1)Cn1cnc2cc(F)c(F)cc21. The van der Waals surface area contributed by atoms with Crippen molar-refractivity contribution in [2.75, 3.05) is 6.61 Å². The number of ether oxygens (including phenoxy) is 1. The highest BCUT2D eigenvalue weighted by Crippen LogP contribution is 2.18. The van der Waals surface area contributed by atoms with Crippen LogP contribution in [-0.2, 0) is 6.54 Å². The Kier molecular flexibility index (Phi) is 4.02. The Morgan fingerprint density at radius 1 is 1.14 bits per heavy atom. The number of para-hydroxylation sites is 1. The third-order valence-electron chi connectivity index (χ3n) is 3.26. The van der Waals surface area contributed by atoms with Crippen LogP contribution in [-0.4, -0.2) is 27.4 Å². The first kappa shape index (κ1) is 14.5. The van der Waals surface area contributed by atoms with Crippen molar-refractivity contribution in [3.05, 3.63) is 60.4 Å². The lowest BCUT2D eigenvalue weighted by atomic mass is 10.3. The second-order valence-corrected chi connectivity index (χ2v) is 4.93. The minimum absolute atomic E-state index is 0.0906. The predicted molar refractivity (Wildman–Crippen MR) is 77.6 cm³/mol. The monoisotopic (exact) mass is 304 g/mol. The molecule has 1 atom stereocenters. The zero-order valence-electron chi connectivity index (χ0n) is 11.6. The van der Waals surface area contributed by atoms with Crippen molar-refractivity contribution in [2.24, 2.45) is 0 Å². The van der Waals surface area contributed by atoms with E-state index >= 15 is 0 Å². The van der Waals surface area contributed by atoms with Crippen molar-refractivity contribution in [2.45, 2.75) is 12.6 Å². The largest absolute Gasteiger partial charge is 0.491 e. The predicted octanol–water partition coefficient (Wildman–Crippen LogP) is 2.75. The number of imidazole rings is 1. The van der Waals surface area contributed by atoms with Crippen LogP contribution in [0.2, 0.25) is 0 Å². The number of benzene rings is 2. The summed E-state index contributed by atoms with van der Waals surface area (Å²) in [5.74, 6) is -1.22. The molecule has 114 valence electrons. The van der Waals surface area contributed by atoms with Gasteiger partial charge in [-0.15, -0.1) is 0 Å². The van der Waals surface area contributed by atoms with E-state index < -0.39 is 17.7 Å². The molecule has 0 saturated heterocycles. The van der Waals surface area contributed by atoms with Crippen LogP contribution in [0.1, 0.15) is 0 Å². The summed E-state index contributed by atoms with van der Waals surface area (Å²) in [5.41, 5.74) is 0.771. The van der Waals surface area contributed by atoms with E-state index in [-0.39, 0.29) is 13.2 Å². The minimum atomic E-state index is -0.940. The van der Waals surface area contributed by atoms with Crippen molar-refractivity contribution in [1.82, 2.24) is 9.55 Å². The van der Waals surface area contributed by atoms with E-state index in [2.05, 4.69) is 4.98 Å². The van der Waals surface area contributed by atoms with Gasteiger partial charge in [-0.05, 0) is 12.1 Å². The molecule has 6 heteroatoms. The normalized spacial score (nSPS) is 12.5. The number of fused-ring (bicyclic) bond motifs is 1. The quantitative estimate of drug-likeness (QED) is 0.788. The van der Waals surface area contributed by atoms with Gasteiger partial charge >= 0.3 is 0 Å². The Morgan fingerprint density at radius 3 is 2.64 bits per heavy atom. The molecule has 0 saturated carbocycles. The average molecular weight is 304 g/mol. The van der Waals surface area contributed by atoms with E-state index in [9.17, 15) is 13.9 Å². The van der Waals surface area contributed by atoms with E-state index in [1.165, 1.54) is 6.33 Å². The van der Waals surface area contributed by atoms with Crippen molar-refractivity contribution in [3.8, 4) is 5.75 Å². The molecule has 22 heavy (non-hydrogen) atoms. The molecular formula is C16H14F2N2O2. The van der Waals surface area contributed by atoms with Gasteiger partial charge < -0.3 is 14.4 Å². The van der Waals surface area contributed by atoms with Gasteiger partial charge in [0.05, 0.1) is 23.9 Å². The molecule has 1 unspecified atom stereocenters.